The van der Waals surface area contributed by atoms with Crippen LogP contribution in [0.5, 0.6) is 0 Å². The van der Waals surface area contributed by atoms with Crippen molar-refractivity contribution in [2.75, 3.05) is 27.2 Å². The number of aromatic nitrogens is 3. The SMILES string of the molecule is CCNC(=NCC1(C(=O)N(C)C)CCCC1)NC1CCc2nc(C)nn2C1.I. The van der Waals surface area contributed by atoms with Gasteiger partial charge in [0.05, 0.1) is 18.5 Å². The van der Waals surface area contributed by atoms with Crippen molar-refractivity contribution >= 4 is 35.8 Å². The van der Waals surface area contributed by atoms with Crippen molar-refractivity contribution in [3.63, 3.8) is 0 Å². The number of carbonyl (C=O) groups excluding carboxylic acids is 1. The average Bonchev–Trinajstić information content (AvgIpc) is 3.25. The van der Waals surface area contributed by atoms with Crippen LogP contribution in [-0.4, -0.2) is 64.8 Å². The fourth-order valence-electron chi connectivity index (χ4n) is 4.26. The molecule has 2 heterocycles. The third-order valence-electron chi connectivity index (χ3n) is 5.61. The molecule has 9 heteroatoms. The van der Waals surface area contributed by atoms with Gasteiger partial charge in [-0.3, -0.25) is 9.79 Å². The van der Waals surface area contributed by atoms with Crippen LogP contribution in [0.4, 0.5) is 0 Å². The molecule has 0 saturated heterocycles. The van der Waals surface area contributed by atoms with E-state index < -0.39 is 0 Å². The number of aliphatic imine (C=N–C) groups is 1. The Morgan fingerprint density at radius 3 is 2.71 bits per heavy atom. The van der Waals surface area contributed by atoms with Crippen molar-refractivity contribution in [1.29, 1.82) is 0 Å². The van der Waals surface area contributed by atoms with Crippen molar-refractivity contribution in [2.24, 2.45) is 10.4 Å². The Bertz CT molecular complexity index is 694. The number of guanidine groups is 1. The van der Waals surface area contributed by atoms with Crippen LogP contribution < -0.4 is 10.6 Å². The first kappa shape index (κ1) is 22.9. The van der Waals surface area contributed by atoms with Crippen LogP contribution in [0.2, 0.25) is 0 Å². The zero-order chi connectivity index (χ0) is 19.4. The maximum atomic E-state index is 12.8. The Morgan fingerprint density at radius 2 is 2.07 bits per heavy atom. The Hall–Kier alpha value is -1.39. The van der Waals surface area contributed by atoms with Crippen LogP contribution >= 0.6 is 24.0 Å². The minimum atomic E-state index is -0.339. The number of hydrogen-bond acceptors (Lipinski definition) is 4. The molecule has 1 unspecified atom stereocenters. The average molecular weight is 503 g/mol. The van der Waals surface area contributed by atoms with Gasteiger partial charge in [0.2, 0.25) is 5.91 Å². The molecule has 1 aromatic rings. The summed E-state index contributed by atoms with van der Waals surface area (Å²) in [5, 5.41) is 11.4. The Kier molecular flexibility index (Phi) is 8.08. The second-order valence-corrected chi connectivity index (χ2v) is 8.02. The number of nitrogens with one attached hydrogen (secondary N) is 2. The largest absolute Gasteiger partial charge is 0.357 e. The second kappa shape index (κ2) is 9.89. The summed E-state index contributed by atoms with van der Waals surface area (Å²) < 4.78 is 1.99. The Balaban J connectivity index is 0.00000280. The molecule has 0 radical (unpaired) electrons. The summed E-state index contributed by atoms with van der Waals surface area (Å²) in [4.78, 5) is 23.8. The van der Waals surface area contributed by atoms with Gasteiger partial charge >= 0.3 is 0 Å². The highest BCUT2D eigenvalue weighted by Crippen LogP contribution is 2.39. The van der Waals surface area contributed by atoms with Gasteiger partial charge in [-0.2, -0.15) is 5.10 Å². The quantitative estimate of drug-likeness (QED) is 0.363. The topological polar surface area (TPSA) is 87.4 Å². The van der Waals surface area contributed by atoms with Crippen molar-refractivity contribution in [3.8, 4) is 0 Å². The van der Waals surface area contributed by atoms with Gasteiger partial charge in [0.25, 0.3) is 0 Å². The maximum absolute atomic E-state index is 12.8. The highest BCUT2D eigenvalue weighted by Gasteiger charge is 2.42. The minimum absolute atomic E-state index is 0. The smallest absolute Gasteiger partial charge is 0.230 e. The molecule has 1 aliphatic carbocycles. The van der Waals surface area contributed by atoms with Crippen LogP contribution in [0.1, 0.15) is 50.7 Å². The molecule has 1 aromatic heterocycles. The third kappa shape index (κ3) is 5.15. The molecule has 3 rings (SSSR count). The van der Waals surface area contributed by atoms with Gasteiger partial charge < -0.3 is 15.5 Å². The zero-order valence-electron chi connectivity index (χ0n) is 17.5. The lowest BCUT2D eigenvalue weighted by Gasteiger charge is -2.30. The molecule has 0 bridgehead atoms. The first-order valence-corrected chi connectivity index (χ1v) is 10.1. The van der Waals surface area contributed by atoms with Gasteiger partial charge in [-0.05, 0) is 33.1 Å². The normalized spacial score (nSPS) is 20.9. The fourth-order valence-corrected chi connectivity index (χ4v) is 4.26. The summed E-state index contributed by atoms with van der Waals surface area (Å²) in [6.45, 7) is 6.12. The van der Waals surface area contributed by atoms with Gasteiger partial charge in [0, 0.05) is 33.1 Å². The molecule has 0 spiro atoms. The molecule has 0 aromatic carbocycles. The predicted octanol–water partition coefficient (Wildman–Crippen LogP) is 1.72. The minimum Gasteiger partial charge on any atom is -0.357 e. The van der Waals surface area contributed by atoms with Crippen LogP contribution in [0.25, 0.3) is 0 Å². The lowest BCUT2D eigenvalue weighted by Crippen LogP contribution is -2.48. The molecular formula is C19H34IN7O. The first-order valence-electron chi connectivity index (χ1n) is 10.1. The van der Waals surface area contributed by atoms with Gasteiger partial charge in [0.1, 0.15) is 11.6 Å². The number of nitrogens with zero attached hydrogens (tertiary/aromatic N) is 5. The number of amides is 1. The van der Waals surface area contributed by atoms with E-state index in [1.165, 1.54) is 0 Å². The summed E-state index contributed by atoms with van der Waals surface area (Å²) in [6, 6.07) is 0.264. The molecule has 1 fully saturated rings. The van der Waals surface area contributed by atoms with Crippen LogP contribution in [0, 0.1) is 12.3 Å². The molecule has 2 aliphatic rings. The molecule has 1 aliphatic heterocycles. The van der Waals surface area contributed by atoms with Gasteiger partial charge in [-0.25, -0.2) is 9.67 Å². The van der Waals surface area contributed by atoms with E-state index in [0.717, 1.165) is 69.2 Å². The molecule has 8 nitrogen and oxygen atoms in total. The lowest BCUT2D eigenvalue weighted by atomic mass is 9.85. The van der Waals surface area contributed by atoms with Crippen molar-refractivity contribution in [1.82, 2.24) is 30.3 Å². The molecule has 28 heavy (non-hydrogen) atoms. The van der Waals surface area contributed by atoms with E-state index >= 15 is 0 Å². The second-order valence-electron chi connectivity index (χ2n) is 8.02. The lowest BCUT2D eigenvalue weighted by molar-refractivity contribution is -0.138. The number of aryl methyl sites for hydroxylation is 2. The molecule has 1 atom stereocenters. The van der Waals surface area contributed by atoms with E-state index in [1.807, 2.05) is 25.7 Å². The Labute approximate surface area is 185 Å². The highest BCUT2D eigenvalue weighted by atomic mass is 127. The zero-order valence-corrected chi connectivity index (χ0v) is 19.8. The Morgan fingerprint density at radius 1 is 1.36 bits per heavy atom. The fraction of sp³-hybridized carbons (Fsp3) is 0.789. The highest BCUT2D eigenvalue weighted by molar-refractivity contribution is 14.0. The summed E-state index contributed by atoms with van der Waals surface area (Å²) >= 11 is 0. The molecular weight excluding hydrogens is 469 g/mol. The van der Waals surface area contributed by atoms with E-state index in [1.54, 1.807) is 4.90 Å². The summed E-state index contributed by atoms with van der Waals surface area (Å²) in [6.07, 6.45) is 5.99. The van der Waals surface area contributed by atoms with Crippen molar-refractivity contribution in [3.05, 3.63) is 11.6 Å². The summed E-state index contributed by atoms with van der Waals surface area (Å²) in [5.41, 5.74) is -0.339. The van der Waals surface area contributed by atoms with Gasteiger partial charge in [-0.15, -0.1) is 24.0 Å². The van der Waals surface area contributed by atoms with E-state index in [9.17, 15) is 4.79 Å². The van der Waals surface area contributed by atoms with E-state index in [2.05, 4.69) is 27.6 Å². The first-order chi connectivity index (χ1) is 12.9. The predicted molar refractivity (Wildman–Crippen MR) is 121 cm³/mol. The van der Waals surface area contributed by atoms with Crippen LogP contribution in [0.3, 0.4) is 0 Å². The van der Waals surface area contributed by atoms with Crippen LogP contribution in [-0.2, 0) is 17.8 Å². The molecule has 1 saturated carbocycles. The number of halogens is 1. The monoisotopic (exact) mass is 503 g/mol. The number of carbonyl (C=O) groups is 1. The van der Waals surface area contributed by atoms with Crippen molar-refractivity contribution < 1.29 is 4.79 Å². The van der Waals surface area contributed by atoms with Gasteiger partial charge in [0.15, 0.2) is 5.96 Å². The van der Waals surface area contributed by atoms with E-state index in [-0.39, 0.29) is 41.3 Å². The number of rotatable bonds is 5. The maximum Gasteiger partial charge on any atom is 0.230 e. The van der Waals surface area contributed by atoms with Crippen molar-refractivity contribution in [2.45, 2.75) is 65.0 Å². The molecule has 1 amide bonds. The van der Waals surface area contributed by atoms with Gasteiger partial charge in [-0.1, -0.05) is 12.8 Å². The molecule has 158 valence electrons. The third-order valence-corrected chi connectivity index (χ3v) is 5.61. The van der Waals surface area contributed by atoms with E-state index in [4.69, 9.17) is 4.99 Å². The van der Waals surface area contributed by atoms with E-state index in [0.29, 0.717) is 6.54 Å². The summed E-state index contributed by atoms with van der Waals surface area (Å²) in [7, 11) is 3.69. The van der Waals surface area contributed by atoms with Crippen LogP contribution in [0.15, 0.2) is 4.99 Å². The standard InChI is InChI=1S/C19H33N7O.HI/c1-5-20-18(21-13-19(10-6-7-11-19)17(27)25(3)4)23-15-8-9-16-22-14(2)24-26(16)12-15;/h15H,5-13H2,1-4H3,(H2,20,21,23);1H. The summed E-state index contributed by atoms with van der Waals surface area (Å²) in [5.74, 6) is 2.89. The molecule has 2 N–H and O–H groups in total. The number of fused-ring (bicyclic) bond motifs is 1. The number of hydrogen-bond donors (Lipinski definition) is 2.